The van der Waals surface area contributed by atoms with Crippen molar-refractivity contribution in [2.75, 3.05) is 19.8 Å². The molecule has 0 saturated heterocycles. The Hall–Kier alpha value is -1.21. The zero-order chi connectivity index (χ0) is 36.8. The molecule has 0 aromatic heterocycles. The molecule has 0 heterocycles. The molecule has 0 saturated carbocycles. The van der Waals surface area contributed by atoms with Crippen LogP contribution in [-0.2, 0) is 32.7 Å². The number of carbonyl (C=O) groups is 2. The summed E-state index contributed by atoms with van der Waals surface area (Å²) < 4.78 is 32.6. The minimum absolute atomic E-state index is 0.00194. The fraction of sp³-hybridized carbons (Fsp3) is 0.902. The highest BCUT2D eigenvalue weighted by Crippen LogP contribution is 2.43. The molecule has 2 atom stereocenters. The van der Waals surface area contributed by atoms with Crippen molar-refractivity contribution in [3.63, 3.8) is 0 Å². The fourth-order valence-corrected chi connectivity index (χ4v) is 6.73. The number of allylic oxidation sites excluding steroid dienone is 2. The van der Waals surface area contributed by atoms with Gasteiger partial charge in [-0.1, -0.05) is 167 Å². The third-order valence-electron chi connectivity index (χ3n) is 9.07. The van der Waals surface area contributed by atoms with Crippen LogP contribution in [0.2, 0.25) is 0 Å². The highest BCUT2D eigenvalue weighted by molar-refractivity contribution is 7.47. The first-order valence-corrected chi connectivity index (χ1v) is 22.5. The van der Waals surface area contributed by atoms with Crippen LogP contribution < -0.4 is 0 Å². The van der Waals surface area contributed by atoms with E-state index in [1.807, 2.05) is 0 Å². The lowest BCUT2D eigenvalue weighted by Crippen LogP contribution is -2.29. The topological polar surface area (TPSA) is 108 Å². The second-order valence-electron chi connectivity index (χ2n) is 14.0. The van der Waals surface area contributed by atoms with E-state index in [0.717, 1.165) is 51.4 Å². The minimum atomic E-state index is -4.27. The summed E-state index contributed by atoms with van der Waals surface area (Å²) in [6.07, 6.45) is 38.3. The molecule has 0 aromatic carbocycles. The van der Waals surface area contributed by atoms with Gasteiger partial charge in [-0.2, -0.15) is 0 Å². The maximum absolute atomic E-state index is 12.5. The van der Waals surface area contributed by atoms with E-state index in [1.165, 1.54) is 122 Å². The van der Waals surface area contributed by atoms with Crippen molar-refractivity contribution in [3.05, 3.63) is 12.2 Å². The van der Waals surface area contributed by atoms with E-state index < -0.39 is 26.5 Å². The maximum Gasteiger partial charge on any atom is 0.472 e. The summed E-state index contributed by atoms with van der Waals surface area (Å²) >= 11 is 0. The van der Waals surface area contributed by atoms with Gasteiger partial charge >= 0.3 is 19.8 Å². The number of phosphoric acid groups is 1. The average Bonchev–Trinajstić information content (AvgIpc) is 3.09. The van der Waals surface area contributed by atoms with Crippen LogP contribution in [0.15, 0.2) is 12.2 Å². The van der Waals surface area contributed by atoms with Gasteiger partial charge in [0.25, 0.3) is 0 Å². The molecule has 0 bridgehead atoms. The van der Waals surface area contributed by atoms with Crippen LogP contribution in [-0.4, -0.2) is 42.8 Å². The molecule has 2 unspecified atom stereocenters. The first kappa shape index (κ1) is 48.8. The summed E-state index contributed by atoms with van der Waals surface area (Å²) in [7, 11) is -4.27. The van der Waals surface area contributed by atoms with Crippen molar-refractivity contribution in [1.29, 1.82) is 0 Å². The molecule has 0 aliphatic rings. The standard InChI is InChI=1S/C41H79O8P/c1-4-7-9-11-13-15-17-19-21-22-24-26-28-30-32-34-36-41(43)49-39(38-48-50(44,45)47-6-3)37-46-40(42)35-33-31-29-27-25-23-20-18-16-14-12-10-8-5-2/h21-22,39H,4-20,23-38H2,1-3H3,(H,44,45)/b22-21-. The second kappa shape index (κ2) is 37.5. The lowest BCUT2D eigenvalue weighted by atomic mass is 10.0. The summed E-state index contributed by atoms with van der Waals surface area (Å²) in [5, 5.41) is 0. The molecule has 0 spiro atoms. The van der Waals surface area contributed by atoms with Gasteiger partial charge in [-0.3, -0.25) is 18.6 Å². The van der Waals surface area contributed by atoms with Crippen LogP contribution >= 0.6 is 7.82 Å². The Bertz CT molecular complexity index is 833. The Labute approximate surface area is 308 Å². The van der Waals surface area contributed by atoms with Crippen LogP contribution in [0.5, 0.6) is 0 Å². The van der Waals surface area contributed by atoms with Crippen LogP contribution in [0.25, 0.3) is 0 Å². The summed E-state index contributed by atoms with van der Waals surface area (Å²) in [6, 6.07) is 0. The lowest BCUT2D eigenvalue weighted by molar-refractivity contribution is -0.161. The number of esters is 2. The van der Waals surface area contributed by atoms with Crippen molar-refractivity contribution in [1.82, 2.24) is 0 Å². The Morgan fingerprint density at radius 3 is 1.32 bits per heavy atom. The van der Waals surface area contributed by atoms with Crippen LogP contribution in [0, 0.1) is 0 Å². The number of hydrogen-bond donors (Lipinski definition) is 1. The Kier molecular flexibility index (Phi) is 36.6. The van der Waals surface area contributed by atoms with E-state index in [-0.39, 0.29) is 25.6 Å². The molecular weight excluding hydrogens is 651 g/mol. The van der Waals surface area contributed by atoms with Crippen LogP contribution in [0.3, 0.4) is 0 Å². The third kappa shape index (κ3) is 36.6. The SMILES string of the molecule is CCCCCCCCC/C=C\CCCCCCCC(=O)OC(COC(=O)CCCCCCCCCCCCCCCC)COP(=O)(O)OCC. The maximum atomic E-state index is 12.5. The first-order chi connectivity index (χ1) is 24.3. The van der Waals surface area contributed by atoms with Gasteiger partial charge in [0.2, 0.25) is 0 Å². The molecular formula is C41H79O8P. The van der Waals surface area contributed by atoms with E-state index >= 15 is 0 Å². The summed E-state index contributed by atoms with van der Waals surface area (Å²) in [4.78, 5) is 34.7. The van der Waals surface area contributed by atoms with Gasteiger partial charge in [0.05, 0.1) is 13.2 Å². The molecule has 0 amide bonds. The molecule has 8 nitrogen and oxygen atoms in total. The predicted octanol–water partition coefficient (Wildman–Crippen LogP) is 12.9. The number of rotatable bonds is 39. The van der Waals surface area contributed by atoms with Crippen LogP contribution in [0.1, 0.15) is 213 Å². The van der Waals surface area contributed by atoms with E-state index in [9.17, 15) is 19.0 Å². The van der Waals surface area contributed by atoms with E-state index in [2.05, 4.69) is 26.0 Å². The quantitative estimate of drug-likeness (QED) is 0.0288. The normalized spacial score (nSPS) is 13.4. The van der Waals surface area contributed by atoms with Crippen molar-refractivity contribution >= 4 is 19.8 Å². The largest absolute Gasteiger partial charge is 0.472 e. The summed E-state index contributed by atoms with van der Waals surface area (Å²) in [5.41, 5.74) is 0. The molecule has 9 heteroatoms. The van der Waals surface area contributed by atoms with E-state index in [0.29, 0.717) is 12.8 Å². The number of ether oxygens (including phenoxy) is 2. The summed E-state index contributed by atoms with van der Waals surface area (Å²) in [6.45, 7) is 5.48. The van der Waals surface area contributed by atoms with Crippen molar-refractivity contribution in [2.24, 2.45) is 0 Å². The van der Waals surface area contributed by atoms with Gasteiger partial charge in [-0.25, -0.2) is 4.57 Å². The van der Waals surface area contributed by atoms with Gasteiger partial charge < -0.3 is 14.4 Å². The average molecular weight is 731 g/mol. The molecule has 296 valence electrons. The Balaban J connectivity index is 4.09. The molecule has 1 N–H and O–H groups in total. The number of phosphoric ester groups is 1. The minimum Gasteiger partial charge on any atom is -0.462 e. The number of hydrogen-bond acceptors (Lipinski definition) is 7. The zero-order valence-corrected chi connectivity index (χ0v) is 33.7. The van der Waals surface area contributed by atoms with E-state index in [4.69, 9.17) is 18.5 Å². The molecule has 0 fully saturated rings. The highest BCUT2D eigenvalue weighted by Gasteiger charge is 2.25. The van der Waals surface area contributed by atoms with Gasteiger partial charge in [0.1, 0.15) is 6.61 Å². The zero-order valence-electron chi connectivity index (χ0n) is 32.8. The first-order valence-electron chi connectivity index (χ1n) is 21.0. The lowest BCUT2D eigenvalue weighted by Gasteiger charge is -2.19. The monoisotopic (exact) mass is 731 g/mol. The molecule has 0 aliphatic heterocycles. The highest BCUT2D eigenvalue weighted by atomic mass is 31.2. The van der Waals surface area contributed by atoms with Gasteiger partial charge in [-0.15, -0.1) is 0 Å². The molecule has 0 aromatic rings. The smallest absolute Gasteiger partial charge is 0.462 e. The third-order valence-corrected chi connectivity index (χ3v) is 10.1. The Morgan fingerprint density at radius 2 is 0.900 bits per heavy atom. The predicted molar refractivity (Wildman–Crippen MR) is 207 cm³/mol. The number of carbonyl (C=O) groups excluding carboxylic acids is 2. The Morgan fingerprint density at radius 1 is 0.520 bits per heavy atom. The fourth-order valence-electron chi connectivity index (χ4n) is 5.98. The van der Waals surface area contributed by atoms with Gasteiger partial charge in [0, 0.05) is 12.8 Å². The molecule has 0 radical (unpaired) electrons. The van der Waals surface area contributed by atoms with Crippen LogP contribution in [0.4, 0.5) is 0 Å². The molecule has 0 rings (SSSR count). The van der Waals surface area contributed by atoms with Crippen molar-refractivity contribution < 1.29 is 37.6 Å². The molecule has 0 aliphatic carbocycles. The van der Waals surface area contributed by atoms with Gasteiger partial charge in [-0.05, 0) is 45.4 Å². The number of unbranched alkanes of at least 4 members (excludes halogenated alkanes) is 25. The summed E-state index contributed by atoms with van der Waals surface area (Å²) in [5.74, 6) is -0.797. The van der Waals surface area contributed by atoms with Crippen molar-refractivity contribution in [3.8, 4) is 0 Å². The van der Waals surface area contributed by atoms with Gasteiger partial charge in [0.15, 0.2) is 6.10 Å². The molecule has 50 heavy (non-hydrogen) atoms. The van der Waals surface area contributed by atoms with E-state index in [1.54, 1.807) is 6.92 Å². The van der Waals surface area contributed by atoms with Crippen molar-refractivity contribution in [2.45, 2.75) is 219 Å². The second-order valence-corrected chi connectivity index (χ2v) is 15.5.